The number of aromatic nitrogens is 3. The van der Waals surface area contributed by atoms with Gasteiger partial charge < -0.3 is 5.32 Å². The summed E-state index contributed by atoms with van der Waals surface area (Å²) in [5, 5.41) is 7.75. The van der Waals surface area contributed by atoms with Crippen molar-refractivity contribution in [1.29, 1.82) is 0 Å². The first kappa shape index (κ1) is 16.7. The third-order valence-electron chi connectivity index (χ3n) is 3.02. The Morgan fingerprint density at radius 2 is 2.14 bits per heavy atom. The van der Waals surface area contributed by atoms with Crippen molar-refractivity contribution in [3.05, 3.63) is 40.4 Å². The van der Waals surface area contributed by atoms with Gasteiger partial charge in [0.25, 0.3) is 0 Å². The molecular weight excluding hydrogens is 325 g/mol. The van der Waals surface area contributed by atoms with Gasteiger partial charge in [0.05, 0.1) is 23.1 Å². The van der Waals surface area contributed by atoms with Crippen LogP contribution in [0.3, 0.4) is 0 Å². The number of benzene rings is 1. The first-order valence-corrected chi connectivity index (χ1v) is 7.55. The summed E-state index contributed by atoms with van der Waals surface area (Å²) in [6.45, 7) is 3.52. The lowest BCUT2D eigenvalue weighted by Gasteiger charge is -2.16. The average Bonchev–Trinajstić information content (AvgIpc) is 2.89. The van der Waals surface area contributed by atoms with E-state index in [2.05, 4.69) is 15.4 Å². The van der Waals surface area contributed by atoms with Crippen LogP contribution >= 0.6 is 23.2 Å². The number of carbonyl (C=O) groups is 1. The van der Waals surface area contributed by atoms with Crippen LogP contribution in [0.25, 0.3) is 0 Å². The molecule has 0 aliphatic carbocycles. The molecule has 2 rings (SSSR count). The number of rotatable bonds is 6. The Hall–Kier alpha value is -1.63. The molecule has 0 fully saturated rings. The fourth-order valence-corrected chi connectivity index (χ4v) is 2.29. The van der Waals surface area contributed by atoms with Crippen LogP contribution in [-0.4, -0.2) is 39.2 Å². The van der Waals surface area contributed by atoms with E-state index in [0.717, 1.165) is 12.4 Å². The molecule has 0 saturated carbocycles. The van der Waals surface area contributed by atoms with Crippen molar-refractivity contribution in [2.24, 2.45) is 0 Å². The Kier molecular flexibility index (Phi) is 5.76. The van der Waals surface area contributed by atoms with Gasteiger partial charge in [-0.05, 0) is 32.2 Å². The lowest BCUT2D eigenvalue weighted by molar-refractivity contribution is -0.117. The predicted octanol–water partition coefficient (Wildman–Crippen LogP) is 2.68. The molecule has 0 aliphatic rings. The van der Waals surface area contributed by atoms with Crippen LogP contribution in [0.5, 0.6) is 0 Å². The van der Waals surface area contributed by atoms with E-state index in [1.807, 2.05) is 18.9 Å². The van der Waals surface area contributed by atoms with Crippen LogP contribution in [-0.2, 0) is 17.9 Å². The Balaban J connectivity index is 1.89. The normalized spacial score (nSPS) is 11.0. The average molecular weight is 342 g/mol. The van der Waals surface area contributed by atoms with Gasteiger partial charge in [-0.25, -0.2) is 9.67 Å². The minimum absolute atomic E-state index is 0.136. The molecule has 6 nitrogen and oxygen atoms in total. The molecule has 0 atom stereocenters. The highest BCUT2D eigenvalue weighted by Crippen LogP contribution is 2.24. The van der Waals surface area contributed by atoms with Gasteiger partial charge in [0.2, 0.25) is 5.91 Å². The summed E-state index contributed by atoms with van der Waals surface area (Å²) in [5.74, 6) is 0.691. The highest BCUT2D eigenvalue weighted by Gasteiger charge is 2.11. The van der Waals surface area contributed by atoms with Gasteiger partial charge in [-0.1, -0.05) is 23.2 Å². The summed E-state index contributed by atoms with van der Waals surface area (Å²) in [7, 11) is 1.85. The van der Waals surface area contributed by atoms with E-state index >= 15 is 0 Å². The minimum Gasteiger partial charge on any atom is -0.325 e. The van der Waals surface area contributed by atoms with Crippen LogP contribution < -0.4 is 5.32 Å². The number of amides is 1. The molecule has 22 heavy (non-hydrogen) atoms. The van der Waals surface area contributed by atoms with Gasteiger partial charge in [-0.15, -0.1) is 0 Å². The van der Waals surface area contributed by atoms with Crippen molar-refractivity contribution in [3.63, 3.8) is 0 Å². The first-order valence-electron chi connectivity index (χ1n) is 6.79. The van der Waals surface area contributed by atoms with Gasteiger partial charge in [-0.2, -0.15) is 5.10 Å². The maximum atomic E-state index is 12.0. The van der Waals surface area contributed by atoms with Gasteiger partial charge >= 0.3 is 0 Å². The highest BCUT2D eigenvalue weighted by atomic mass is 35.5. The van der Waals surface area contributed by atoms with Gasteiger partial charge in [0.1, 0.15) is 12.2 Å². The van der Waals surface area contributed by atoms with E-state index in [1.54, 1.807) is 22.9 Å². The molecule has 0 spiro atoms. The number of nitrogens with one attached hydrogen (secondary N) is 1. The monoisotopic (exact) mass is 341 g/mol. The van der Waals surface area contributed by atoms with Crippen LogP contribution in [0.1, 0.15) is 12.7 Å². The zero-order valence-electron chi connectivity index (χ0n) is 12.4. The Morgan fingerprint density at radius 1 is 1.36 bits per heavy atom. The quantitative estimate of drug-likeness (QED) is 0.877. The fourth-order valence-electron chi connectivity index (χ4n) is 1.99. The summed E-state index contributed by atoms with van der Waals surface area (Å²) >= 11 is 11.8. The molecule has 118 valence electrons. The number of likely N-dealkylation sites (N-methyl/N-ethyl adjacent to an activating group) is 1. The SMILES string of the molecule is CCn1ncnc1CN(C)CC(=O)Nc1ccc(Cl)c(Cl)c1. The molecule has 0 bridgehead atoms. The number of carbonyl (C=O) groups excluding carboxylic acids is 1. The van der Waals surface area contributed by atoms with Crippen LogP contribution in [0, 0.1) is 0 Å². The lowest BCUT2D eigenvalue weighted by atomic mass is 10.3. The smallest absolute Gasteiger partial charge is 0.238 e. The van der Waals surface area contributed by atoms with Crippen molar-refractivity contribution in [2.75, 3.05) is 18.9 Å². The molecule has 1 N–H and O–H groups in total. The Labute approximate surface area is 139 Å². The molecule has 1 amide bonds. The lowest BCUT2D eigenvalue weighted by Crippen LogP contribution is -2.30. The van der Waals surface area contributed by atoms with Crippen molar-refractivity contribution in [3.8, 4) is 0 Å². The summed E-state index contributed by atoms with van der Waals surface area (Å²) < 4.78 is 1.80. The zero-order valence-corrected chi connectivity index (χ0v) is 13.9. The van der Waals surface area contributed by atoms with E-state index in [-0.39, 0.29) is 12.5 Å². The number of halogens is 2. The molecule has 0 saturated heterocycles. The molecule has 0 unspecified atom stereocenters. The van der Waals surface area contributed by atoms with Crippen molar-refractivity contribution < 1.29 is 4.79 Å². The van der Waals surface area contributed by atoms with E-state index in [0.29, 0.717) is 22.3 Å². The van der Waals surface area contributed by atoms with Crippen molar-refractivity contribution in [2.45, 2.75) is 20.0 Å². The molecular formula is C14H17Cl2N5O. The topological polar surface area (TPSA) is 63.1 Å². The number of anilines is 1. The number of hydrogen-bond acceptors (Lipinski definition) is 4. The zero-order chi connectivity index (χ0) is 16.1. The highest BCUT2D eigenvalue weighted by molar-refractivity contribution is 6.42. The molecule has 1 heterocycles. The van der Waals surface area contributed by atoms with Crippen LogP contribution in [0.15, 0.2) is 24.5 Å². The Bertz CT molecular complexity index is 658. The van der Waals surface area contributed by atoms with E-state index < -0.39 is 0 Å². The summed E-state index contributed by atoms with van der Waals surface area (Å²) in [6.07, 6.45) is 1.52. The van der Waals surface area contributed by atoms with Crippen molar-refractivity contribution in [1.82, 2.24) is 19.7 Å². The van der Waals surface area contributed by atoms with Crippen molar-refractivity contribution >= 4 is 34.8 Å². The first-order chi connectivity index (χ1) is 10.5. The molecule has 8 heteroatoms. The molecule has 1 aromatic heterocycles. The third-order valence-corrected chi connectivity index (χ3v) is 3.76. The Morgan fingerprint density at radius 3 is 2.82 bits per heavy atom. The fraction of sp³-hybridized carbons (Fsp3) is 0.357. The summed E-state index contributed by atoms with van der Waals surface area (Å²) in [6, 6.07) is 4.97. The van der Waals surface area contributed by atoms with Crippen LogP contribution in [0.2, 0.25) is 10.0 Å². The molecule has 2 aromatic rings. The summed E-state index contributed by atoms with van der Waals surface area (Å²) in [4.78, 5) is 18.1. The number of hydrogen-bond donors (Lipinski definition) is 1. The third kappa shape index (κ3) is 4.43. The second-order valence-corrected chi connectivity index (χ2v) is 5.66. The second-order valence-electron chi connectivity index (χ2n) is 4.84. The maximum Gasteiger partial charge on any atom is 0.238 e. The van der Waals surface area contributed by atoms with Gasteiger partial charge in [0, 0.05) is 12.2 Å². The van der Waals surface area contributed by atoms with E-state index in [4.69, 9.17) is 23.2 Å². The van der Waals surface area contributed by atoms with E-state index in [9.17, 15) is 4.79 Å². The van der Waals surface area contributed by atoms with Gasteiger partial charge in [-0.3, -0.25) is 9.69 Å². The predicted molar refractivity (Wildman–Crippen MR) is 87.1 cm³/mol. The van der Waals surface area contributed by atoms with Gasteiger partial charge in [0.15, 0.2) is 0 Å². The summed E-state index contributed by atoms with van der Waals surface area (Å²) in [5.41, 5.74) is 0.615. The number of aryl methyl sites for hydroxylation is 1. The standard InChI is InChI=1S/C14H17Cl2N5O/c1-3-21-13(17-9-18-21)7-20(2)8-14(22)19-10-4-5-11(15)12(16)6-10/h4-6,9H,3,7-8H2,1-2H3,(H,19,22). The van der Waals surface area contributed by atoms with E-state index in [1.165, 1.54) is 6.33 Å². The molecule has 0 radical (unpaired) electrons. The second kappa shape index (κ2) is 7.58. The maximum absolute atomic E-state index is 12.0. The molecule has 1 aromatic carbocycles. The largest absolute Gasteiger partial charge is 0.325 e. The molecule has 0 aliphatic heterocycles. The van der Waals surface area contributed by atoms with Crippen LogP contribution in [0.4, 0.5) is 5.69 Å². The minimum atomic E-state index is -0.136. The number of nitrogens with zero attached hydrogens (tertiary/aromatic N) is 4.